The van der Waals surface area contributed by atoms with Crippen LogP contribution in [-0.2, 0) is 14.8 Å². The minimum Gasteiger partial charge on any atom is -0.325 e. The van der Waals surface area contributed by atoms with Crippen LogP contribution in [0.25, 0.3) is 0 Å². The van der Waals surface area contributed by atoms with E-state index in [-0.39, 0.29) is 17.3 Å². The monoisotopic (exact) mass is 374 g/mol. The van der Waals surface area contributed by atoms with Gasteiger partial charge in [-0.2, -0.15) is 4.31 Å². The smallest absolute Gasteiger partial charge is 0.244 e. The van der Waals surface area contributed by atoms with Crippen molar-refractivity contribution in [1.29, 1.82) is 0 Å². The number of rotatable bonds is 5. The van der Waals surface area contributed by atoms with Gasteiger partial charge < -0.3 is 5.32 Å². The molecule has 0 atom stereocenters. The Hall–Kier alpha value is -2.29. The van der Waals surface area contributed by atoms with E-state index in [4.69, 9.17) is 0 Å². The summed E-state index contributed by atoms with van der Waals surface area (Å²) in [6, 6.07) is 10.8. The molecule has 3 rings (SSSR count). The van der Waals surface area contributed by atoms with Crippen LogP contribution in [0.4, 0.5) is 5.69 Å². The fraction of sp³-hybridized carbons (Fsp3) is 0.333. The Bertz CT molecular complexity index is 846. The van der Waals surface area contributed by atoms with Gasteiger partial charge in [-0.3, -0.25) is 14.7 Å². The molecule has 8 heteroatoms. The quantitative estimate of drug-likeness (QED) is 0.854. The molecule has 1 aromatic heterocycles. The number of piperazine rings is 1. The maximum absolute atomic E-state index is 12.6. The minimum absolute atomic E-state index is 0.0996. The SMILES string of the molecule is Cc1ccc(NC(=O)CN2CCN(S(=O)(=O)c3cccnc3)CC2)cc1. The van der Waals surface area contributed by atoms with Gasteiger partial charge in [-0.1, -0.05) is 17.7 Å². The molecular formula is C18H22N4O3S. The molecule has 0 unspecified atom stereocenters. The molecule has 0 saturated carbocycles. The molecule has 1 aliphatic rings. The van der Waals surface area contributed by atoms with Crippen molar-refractivity contribution in [2.24, 2.45) is 0 Å². The highest BCUT2D eigenvalue weighted by Gasteiger charge is 2.29. The van der Waals surface area contributed by atoms with Crippen molar-refractivity contribution in [2.75, 3.05) is 38.0 Å². The molecule has 0 radical (unpaired) electrons. The molecule has 0 bridgehead atoms. The lowest BCUT2D eigenvalue weighted by atomic mass is 10.2. The van der Waals surface area contributed by atoms with Crippen molar-refractivity contribution >= 4 is 21.6 Å². The van der Waals surface area contributed by atoms with Gasteiger partial charge in [-0.15, -0.1) is 0 Å². The van der Waals surface area contributed by atoms with Crippen LogP contribution in [0, 0.1) is 6.92 Å². The molecule has 1 fully saturated rings. The van der Waals surface area contributed by atoms with Gasteiger partial charge in [0.1, 0.15) is 4.90 Å². The summed E-state index contributed by atoms with van der Waals surface area (Å²) in [5, 5.41) is 2.86. The summed E-state index contributed by atoms with van der Waals surface area (Å²) in [6.07, 6.45) is 2.90. The van der Waals surface area contributed by atoms with E-state index in [1.54, 1.807) is 18.3 Å². The number of carbonyl (C=O) groups is 1. The lowest BCUT2D eigenvalue weighted by Crippen LogP contribution is -2.50. The second-order valence-electron chi connectivity index (χ2n) is 6.28. The Kier molecular flexibility index (Phi) is 5.65. The van der Waals surface area contributed by atoms with E-state index in [2.05, 4.69) is 10.3 Å². The molecule has 2 heterocycles. The highest BCUT2D eigenvalue weighted by atomic mass is 32.2. The van der Waals surface area contributed by atoms with Crippen LogP contribution in [0.15, 0.2) is 53.7 Å². The highest BCUT2D eigenvalue weighted by Crippen LogP contribution is 2.16. The van der Waals surface area contributed by atoms with Crippen LogP contribution < -0.4 is 5.32 Å². The number of hydrogen-bond acceptors (Lipinski definition) is 5. The fourth-order valence-corrected chi connectivity index (χ4v) is 4.20. The molecule has 0 aliphatic carbocycles. The van der Waals surface area contributed by atoms with Crippen molar-refractivity contribution in [2.45, 2.75) is 11.8 Å². The van der Waals surface area contributed by atoms with Gasteiger partial charge in [0.2, 0.25) is 15.9 Å². The zero-order valence-electron chi connectivity index (χ0n) is 14.6. The Labute approximate surface area is 153 Å². The third kappa shape index (κ3) is 4.46. The van der Waals surface area contributed by atoms with Crippen LogP contribution in [0.3, 0.4) is 0 Å². The van der Waals surface area contributed by atoms with Gasteiger partial charge in [0.25, 0.3) is 0 Å². The first-order valence-corrected chi connectivity index (χ1v) is 9.88. The van der Waals surface area contributed by atoms with E-state index in [0.717, 1.165) is 11.3 Å². The predicted molar refractivity (Wildman–Crippen MR) is 99.2 cm³/mol. The number of sulfonamides is 1. The first-order chi connectivity index (χ1) is 12.4. The Morgan fingerprint density at radius 3 is 2.42 bits per heavy atom. The predicted octanol–water partition coefficient (Wildman–Crippen LogP) is 1.34. The normalized spacial score (nSPS) is 16.3. The van der Waals surface area contributed by atoms with Crippen LogP contribution in [0.5, 0.6) is 0 Å². The summed E-state index contributed by atoms with van der Waals surface area (Å²) in [6.45, 7) is 3.98. The van der Waals surface area contributed by atoms with E-state index in [9.17, 15) is 13.2 Å². The number of aromatic nitrogens is 1. The lowest BCUT2D eigenvalue weighted by molar-refractivity contribution is -0.117. The molecule has 1 aliphatic heterocycles. The summed E-state index contributed by atoms with van der Waals surface area (Å²) < 4.78 is 26.6. The molecule has 2 aromatic rings. The molecule has 138 valence electrons. The Morgan fingerprint density at radius 2 is 1.81 bits per heavy atom. The summed E-state index contributed by atoms with van der Waals surface area (Å²) in [5.41, 5.74) is 1.90. The number of anilines is 1. The maximum atomic E-state index is 12.6. The topological polar surface area (TPSA) is 82.6 Å². The van der Waals surface area contributed by atoms with E-state index >= 15 is 0 Å². The van der Waals surface area contributed by atoms with Crippen LogP contribution in [-0.4, -0.2) is 61.2 Å². The van der Waals surface area contributed by atoms with Crippen molar-refractivity contribution in [3.8, 4) is 0 Å². The second-order valence-corrected chi connectivity index (χ2v) is 8.22. The minimum atomic E-state index is -3.52. The van der Waals surface area contributed by atoms with Crippen molar-refractivity contribution in [3.05, 3.63) is 54.4 Å². The zero-order valence-corrected chi connectivity index (χ0v) is 15.4. The third-order valence-electron chi connectivity index (χ3n) is 4.31. The molecule has 26 heavy (non-hydrogen) atoms. The maximum Gasteiger partial charge on any atom is 0.244 e. The largest absolute Gasteiger partial charge is 0.325 e. The molecule has 0 spiro atoms. The first kappa shape index (κ1) is 18.5. The van der Waals surface area contributed by atoms with Crippen LogP contribution in [0.1, 0.15) is 5.56 Å². The van der Waals surface area contributed by atoms with Crippen molar-refractivity contribution in [3.63, 3.8) is 0 Å². The summed E-state index contributed by atoms with van der Waals surface area (Å²) in [7, 11) is -3.52. The second kappa shape index (κ2) is 7.94. The van der Waals surface area contributed by atoms with Gasteiger partial charge in [0.15, 0.2) is 0 Å². The van der Waals surface area contributed by atoms with Crippen molar-refractivity contribution in [1.82, 2.24) is 14.2 Å². The Balaban J connectivity index is 1.52. The standard InChI is InChI=1S/C18H22N4O3S/c1-15-4-6-16(7-5-15)20-18(23)14-21-9-11-22(12-10-21)26(24,25)17-3-2-8-19-13-17/h2-8,13H,9-12,14H2,1H3,(H,20,23). The van der Waals surface area contributed by atoms with Gasteiger partial charge in [-0.25, -0.2) is 8.42 Å². The first-order valence-electron chi connectivity index (χ1n) is 8.44. The molecule has 1 N–H and O–H groups in total. The summed E-state index contributed by atoms with van der Waals surface area (Å²) >= 11 is 0. The lowest BCUT2D eigenvalue weighted by Gasteiger charge is -2.33. The third-order valence-corrected chi connectivity index (χ3v) is 6.19. The van der Waals surface area contributed by atoms with Gasteiger partial charge in [0, 0.05) is 44.3 Å². The van der Waals surface area contributed by atoms with E-state index in [1.807, 2.05) is 36.1 Å². The molecule has 1 aromatic carbocycles. The number of aryl methyl sites for hydroxylation is 1. The van der Waals surface area contributed by atoms with E-state index < -0.39 is 10.0 Å². The fourth-order valence-electron chi connectivity index (χ4n) is 2.82. The number of nitrogens with zero attached hydrogens (tertiary/aromatic N) is 3. The number of hydrogen-bond donors (Lipinski definition) is 1. The van der Waals surface area contributed by atoms with E-state index in [0.29, 0.717) is 26.2 Å². The summed E-state index contributed by atoms with van der Waals surface area (Å²) in [5.74, 6) is -0.0996. The molecule has 1 amide bonds. The van der Waals surface area contributed by atoms with E-state index in [1.165, 1.54) is 10.5 Å². The molecule has 7 nitrogen and oxygen atoms in total. The average Bonchev–Trinajstić information content (AvgIpc) is 2.65. The van der Waals surface area contributed by atoms with Crippen molar-refractivity contribution < 1.29 is 13.2 Å². The van der Waals surface area contributed by atoms with Gasteiger partial charge >= 0.3 is 0 Å². The van der Waals surface area contributed by atoms with Gasteiger partial charge in [-0.05, 0) is 31.2 Å². The molecule has 1 saturated heterocycles. The number of nitrogens with one attached hydrogen (secondary N) is 1. The number of benzene rings is 1. The number of carbonyl (C=O) groups excluding carboxylic acids is 1. The average molecular weight is 374 g/mol. The zero-order chi connectivity index (χ0) is 18.6. The number of amides is 1. The van der Waals surface area contributed by atoms with Crippen LogP contribution >= 0.6 is 0 Å². The highest BCUT2D eigenvalue weighted by molar-refractivity contribution is 7.89. The summed E-state index contributed by atoms with van der Waals surface area (Å²) in [4.78, 5) is 18.2. The van der Waals surface area contributed by atoms with Gasteiger partial charge in [0.05, 0.1) is 6.54 Å². The molecular weight excluding hydrogens is 352 g/mol. The Morgan fingerprint density at radius 1 is 1.12 bits per heavy atom. The van der Waals surface area contributed by atoms with Crippen LogP contribution in [0.2, 0.25) is 0 Å². The number of pyridine rings is 1.